The van der Waals surface area contributed by atoms with Crippen LogP contribution >= 0.6 is 0 Å². The lowest BCUT2D eigenvalue weighted by molar-refractivity contribution is -0.138. The summed E-state index contributed by atoms with van der Waals surface area (Å²) in [5, 5.41) is 0. The molecule has 0 bridgehead atoms. The summed E-state index contributed by atoms with van der Waals surface area (Å²) in [7, 11) is -0.848. The van der Waals surface area contributed by atoms with Crippen LogP contribution in [0.1, 0.15) is 65.1 Å². The first-order chi connectivity index (χ1) is 10.4. The van der Waals surface area contributed by atoms with E-state index in [0.717, 1.165) is 6.07 Å². The molecule has 0 radical (unpaired) electrons. The topological polar surface area (TPSA) is 31.4 Å². The highest BCUT2D eigenvalue weighted by molar-refractivity contribution is 6.62. The summed E-state index contributed by atoms with van der Waals surface area (Å²) in [6.07, 6.45) is -2.43. The molecule has 0 aliphatic carbocycles. The quantitative estimate of drug-likeness (QED) is 0.788. The molecule has 7 heteroatoms. The standard InChI is InChI=1S/C16H23BF3NO2/c1-7-10(2)13-12(16(18,19)20)8-11(9-21-13)17-22-14(3,4)15(5,6)23-17/h8-10H,7H2,1-6H3. The van der Waals surface area contributed by atoms with Crippen LogP contribution in [0.4, 0.5) is 13.2 Å². The second-order valence-electron chi connectivity index (χ2n) is 7.10. The van der Waals surface area contributed by atoms with Gasteiger partial charge in [-0.15, -0.1) is 0 Å². The number of hydrogen-bond donors (Lipinski definition) is 0. The summed E-state index contributed by atoms with van der Waals surface area (Å²) < 4.78 is 51.8. The van der Waals surface area contributed by atoms with Crippen LogP contribution in [-0.4, -0.2) is 23.3 Å². The number of aromatic nitrogens is 1. The molecule has 2 rings (SSSR count). The Labute approximate surface area is 135 Å². The summed E-state index contributed by atoms with van der Waals surface area (Å²) in [5.74, 6) is -0.265. The second-order valence-corrected chi connectivity index (χ2v) is 7.10. The maximum Gasteiger partial charge on any atom is 0.496 e. The van der Waals surface area contributed by atoms with Crippen molar-refractivity contribution >= 4 is 12.6 Å². The zero-order valence-electron chi connectivity index (χ0n) is 14.4. The molecular weight excluding hydrogens is 306 g/mol. The monoisotopic (exact) mass is 329 g/mol. The summed E-state index contributed by atoms with van der Waals surface area (Å²) >= 11 is 0. The fourth-order valence-corrected chi connectivity index (χ4v) is 2.41. The van der Waals surface area contributed by atoms with Crippen LogP contribution in [-0.2, 0) is 15.5 Å². The third kappa shape index (κ3) is 3.40. The zero-order chi connectivity index (χ0) is 17.6. The van der Waals surface area contributed by atoms with Crippen molar-refractivity contribution in [3.63, 3.8) is 0 Å². The maximum absolute atomic E-state index is 13.4. The van der Waals surface area contributed by atoms with Crippen LogP contribution in [0, 0.1) is 0 Å². The Morgan fingerprint density at radius 2 is 1.70 bits per heavy atom. The highest BCUT2D eigenvalue weighted by Crippen LogP contribution is 2.38. The largest absolute Gasteiger partial charge is 0.496 e. The van der Waals surface area contributed by atoms with Gasteiger partial charge in [0.05, 0.1) is 22.5 Å². The molecule has 0 amide bonds. The van der Waals surface area contributed by atoms with Crippen molar-refractivity contribution in [3.8, 4) is 0 Å². The van der Waals surface area contributed by atoms with Crippen molar-refractivity contribution in [1.29, 1.82) is 0 Å². The lowest BCUT2D eigenvalue weighted by atomic mass is 9.79. The molecule has 1 aliphatic rings. The van der Waals surface area contributed by atoms with E-state index in [1.165, 1.54) is 6.20 Å². The molecule has 1 aromatic heterocycles. The molecule has 128 valence electrons. The molecule has 0 saturated carbocycles. The number of halogens is 3. The van der Waals surface area contributed by atoms with Gasteiger partial charge in [-0.2, -0.15) is 13.2 Å². The Bertz CT molecular complexity index is 571. The van der Waals surface area contributed by atoms with E-state index < -0.39 is 30.1 Å². The van der Waals surface area contributed by atoms with Crippen molar-refractivity contribution in [3.05, 3.63) is 23.5 Å². The van der Waals surface area contributed by atoms with Crippen molar-refractivity contribution in [2.24, 2.45) is 0 Å². The molecular formula is C16H23BF3NO2. The molecule has 3 nitrogen and oxygen atoms in total. The van der Waals surface area contributed by atoms with E-state index in [0.29, 0.717) is 11.9 Å². The van der Waals surface area contributed by atoms with Crippen molar-refractivity contribution in [2.45, 2.75) is 71.3 Å². The van der Waals surface area contributed by atoms with Gasteiger partial charge in [0.1, 0.15) is 0 Å². The summed E-state index contributed by atoms with van der Waals surface area (Å²) in [4.78, 5) is 4.08. The summed E-state index contributed by atoms with van der Waals surface area (Å²) in [6, 6.07) is 1.11. The highest BCUT2D eigenvalue weighted by atomic mass is 19.4. The van der Waals surface area contributed by atoms with E-state index in [4.69, 9.17) is 9.31 Å². The minimum Gasteiger partial charge on any atom is -0.399 e. The first-order valence-electron chi connectivity index (χ1n) is 7.81. The second kappa shape index (κ2) is 5.78. The van der Waals surface area contributed by atoms with Crippen molar-refractivity contribution < 1.29 is 22.5 Å². The SMILES string of the molecule is CCC(C)c1ncc(B2OC(C)(C)C(C)(C)O2)cc1C(F)(F)F. The predicted octanol–water partition coefficient (Wildman–Crippen LogP) is 3.91. The van der Waals surface area contributed by atoms with Crippen LogP contribution in [0.2, 0.25) is 0 Å². The van der Waals surface area contributed by atoms with Gasteiger partial charge in [0, 0.05) is 11.7 Å². The van der Waals surface area contributed by atoms with Crippen molar-refractivity contribution in [1.82, 2.24) is 4.98 Å². The van der Waals surface area contributed by atoms with E-state index in [2.05, 4.69) is 4.98 Å². The fraction of sp³-hybridized carbons (Fsp3) is 0.688. The van der Waals surface area contributed by atoms with E-state index in [1.807, 2.05) is 34.6 Å². The molecule has 0 aromatic carbocycles. The fourth-order valence-electron chi connectivity index (χ4n) is 2.41. The third-order valence-electron chi connectivity index (χ3n) is 4.85. The minimum absolute atomic E-state index is 0.0697. The lowest BCUT2D eigenvalue weighted by Gasteiger charge is -2.32. The third-order valence-corrected chi connectivity index (χ3v) is 4.85. The van der Waals surface area contributed by atoms with Gasteiger partial charge in [0.2, 0.25) is 0 Å². The number of rotatable bonds is 3. The first-order valence-corrected chi connectivity index (χ1v) is 7.81. The smallest absolute Gasteiger partial charge is 0.399 e. The Kier molecular flexibility index (Phi) is 4.59. The van der Waals surface area contributed by atoms with Gasteiger partial charge in [-0.1, -0.05) is 13.8 Å². The maximum atomic E-state index is 13.4. The van der Waals surface area contributed by atoms with Crippen molar-refractivity contribution in [2.75, 3.05) is 0 Å². The van der Waals surface area contributed by atoms with Gasteiger partial charge in [-0.05, 0) is 46.1 Å². The average molecular weight is 329 g/mol. The van der Waals surface area contributed by atoms with Gasteiger partial charge in [0.15, 0.2) is 0 Å². The Balaban J connectivity index is 2.43. The average Bonchev–Trinajstić information content (AvgIpc) is 2.65. The predicted molar refractivity (Wildman–Crippen MR) is 83.7 cm³/mol. The molecule has 0 spiro atoms. The number of nitrogens with zero attached hydrogens (tertiary/aromatic N) is 1. The Hall–Kier alpha value is -1.08. The molecule has 1 aromatic rings. The van der Waals surface area contributed by atoms with Gasteiger partial charge in [-0.25, -0.2) is 0 Å². The van der Waals surface area contributed by atoms with Gasteiger partial charge in [-0.3, -0.25) is 4.98 Å². The van der Waals surface area contributed by atoms with Crippen LogP contribution < -0.4 is 5.46 Å². The number of alkyl halides is 3. The molecule has 1 aliphatic heterocycles. The Morgan fingerprint density at radius 3 is 2.13 bits per heavy atom. The van der Waals surface area contributed by atoms with Crippen LogP contribution in [0.25, 0.3) is 0 Å². The normalized spacial score (nSPS) is 21.5. The molecule has 1 fully saturated rings. The molecule has 1 unspecified atom stereocenters. The summed E-state index contributed by atoms with van der Waals surface area (Å²) in [6.45, 7) is 11.0. The number of pyridine rings is 1. The lowest BCUT2D eigenvalue weighted by Crippen LogP contribution is -2.41. The van der Waals surface area contributed by atoms with E-state index in [-0.39, 0.29) is 11.6 Å². The highest BCUT2D eigenvalue weighted by Gasteiger charge is 2.52. The number of hydrogen-bond acceptors (Lipinski definition) is 3. The van der Waals surface area contributed by atoms with E-state index in [9.17, 15) is 13.2 Å². The molecule has 23 heavy (non-hydrogen) atoms. The summed E-state index contributed by atoms with van der Waals surface area (Å²) in [5.41, 5.74) is -1.56. The molecule has 1 atom stereocenters. The van der Waals surface area contributed by atoms with E-state index >= 15 is 0 Å². The first kappa shape index (κ1) is 18.3. The molecule has 0 N–H and O–H groups in total. The van der Waals surface area contributed by atoms with Gasteiger partial charge in [0.25, 0.3) is 0 Å². The van der Waals surface area contributed by atoms with Crippen LogP contribution in [0.5, 0.6) is 0 Å². The van der Waals surface area contributed by atoms with E-state index in [1.54, 1.807) is 6.92 Å². The van der Waals surface area contributed by atoms with Crippen LogP contribution in [0.3, 0.4) is 0 Å². The van der Waals surface area contributed by atoms with Crippen LogP contribution in [0.15, 0.2) is 12.3 Å². The van der Waals surface area contributed by atoms with Gasteiger partial charge < -0.3 is 9.31 Å². The molecule has 2 heterocycles. The van der Waals surface area contributed by atoms with Gasteiger partial charge >= 0.3 is 13.3 Å². The zero-order valence-corrected chi connectivity index (χ0v) is 14.4. The minimum atomic E-state index is -4.45. The molecule has 1 saturated heterocycles. The Morgan fingerprint density at radius 1 is 1.17 bits per heavy atom.